The summed E-state index contributed by atoms with van der Waals surface area (Å²) in [6, 6.07) is 12.1. The van der Waals surface area contributed by atoms with Crippen molar-refractivity contribution in [2.75, 3.05) is 18.8 Å². The van der Waals surface area contributed by atoms with Crippen LogP contribution in [0.5, 0.6) is 11.5 Å². The summed E-state index contributed by atoms with van der Waals surface area (Å²) in [5.41, 5.74) is 8.83. The van der Waals surface area contributed by atoms with E-state index in [0.717, 1.165) is 55.0 Å². The Morgan fingerprint density at radius 1 is 1.07 bits per heavy atom. The Kier molecular flexibility index (Phi) is 6.64. The summed E-state index contributed by atoms with van der Waals surface area (Å²) in [4.78, 5) is 23.6. The van der Waals surface area contributed by atoms with E-state index in [1.54, 1.807) is 23.1 Å². The molecular weight excluding hydrogens is 514 g/mol. The van der Waals surface area contributed by atoms with E-state index in [-0.39, 0.29) is 23.3 Å². The van der Waals surface area contributed by atoms with Crippen LogP contribution in [0.4, 0.5) is 14.6 Å². The Morgan fingerprint density at radius 2 is 1.82 bits per heavy atom. The van der Waals surface area contributed by atoms with Crippen LogP contribution in [-0.2, 0) is 4.79 Å². The first-order valence-corrected chi connectivity index (χ1v) is 13.2. The summed E-state index contributed by atoms with van der Waals surface area (Å²) in [6.07, 6.45) is 8.88. The molecule has 1 saturated heterocycles. The van der Waals surface area contributed by atoms with E-state index in [2.05, 4.69) is 16.0 Å². The van der Waals surface area contributed by atoms with Crippen LogP contribution in [0.1, 0.15) is 31.7 Å². The number of nitrogen functional groups attached to an aromatic ring is 1. The third-order valence-corrected chi connectivity index (χ3v) is 7.33. The highest BCUT2D eigenvalue weighted by molar-refractivity contribution is 6.01. The lowest BCUT2D eigenvalue weighted by Crippen LogP contribution is -2.41. The highest BCUT2D eigenvalue weighted by atomic mass is 19.1. The summed E-state index contributed by atoms with van der Waals surface area (Å²) in [5.74, 6) is -0.531. The minimum atomic E-state index is -0.722. The molecule has 0 bridgehead atoms. The molecule has 1 saturated carbocycles. The number of hydrogen-bond acceptors (Lipinski definition) is 6. The van der Waals surface area contributed by atoms with Crippen LogP contribution in [0, 0.1) is 28.9 Å². The monoisotopic (exact) mass is 540 g/mol. The minimum absolute atomic E-state index is 0.0578. The zero-order valence-corrected chi connectivity index (χ0v) is 21.6. The molecule has 0 spiro atoms. The van der Waals surface area contributed by atoms with E-state index < -0.39 is 11.6 Å². The van der Waals surface area contributed by atoms with Crippen molar-refractivity contribution < 1.29 is 18.3 Å². The van der Waals surface area contributed by atoms with Gasteiger partial charge in [-0.25, -0.2) is 18.7 Å². The predicted molar refractivity (Wildman–Crippen MR) is 145 cm³/mol. The molecule has 6 rings (SSSR count). The lowest BCUT2D eigenvalue weighted by atomic mass is 10.0. The minimum Gasteiger partial charge on any atom is -0.457 e. The van der Waals surface area contributed by atoms with E-state index in [1.807, 2.05) is 22.9 Å². The SMILES string of the molecule is N#C/C(=C\C1CC1)C(=O)N1CCC[C@@H](n2cc(-c3ccc(Oc4cc(F)cc(F)c4)cc3)c3c(N)ncnc32)C1. The molecule has 8 nitrogen and oxygen atoms in total. The molecule has 1 amide bonds. The molecule has 202 valence electrons. The third kappa shape index (κ3) is 5.10. The molecule has 1 atom stereocenters. The molecule has 4 aromatic rings. The number of carbonyl (C=O) groups excluding carboxylic acids is 1. The fourth-order valence-corrected chi connectivity index (χ4v) is 5.22. The van der Waals surface area contributed by atoms with Gasteiger partial charge >= 0.3 is 0 Å². The number of hydrogen-bond donors (Lipinski definition) is 1. The second kappa shape index (κ2) is 10.4. The van der Waals surface area contributed by atoms with Crippen LogP contribution in [0.15, 0.2) is 66.6 Å². The summed E-state index contributed by atoms with van der Waals surface area (Å²) in [6.45, 7) is 1.05. The topological polar surface area (TPSA) is 110 Å². The number of piperidine rings is 1. The van der Waals surface area contributed by atoms with Gasteiger partial charge in [0.1, 0.15) is 52.6 Å². The fourth-order valence-electron chi connectivity index (χ4n) is 5.22. The van der Waals surface area contributed by atoms with Gasteiger partial charge in [0.05, 0.1) is 11.4 Å². The largest absolute Gasteiger partial charge is 0.457 e. The second-order valence-corrected chi connectivity index (χ2v) is 10.2. The number of amides is 1. The number of fused-ring (bicyclic) bond motifs is 1. The molecule has 0 radical (unpaired) electrons. The number of likely N-dealkylation sites (tertiary alicyclic amines) is 1. The summed E-state index contributed by atoms with van der Waals surface area (Å²) in [7, 11) is 0. The van der Waals surface area contributed by atoms with Crippen LogP contribution < -0.4 is 10.5 Å². The number of allylic oxidation sites excluding steroid dienone is 1. The number of rotatable bonds is 6. The Labute approximate surface area is 229 Å². The highest BCUT2D eigenvalue weighted by Gasteiger charge is 2.30. The van der Waals surface area contributed by atoms with Crippen LogP contribution in [0.3, 0.4) is 0 Å². The summed E-state index contributed by atoms with van der Waals surface area (Å²) < 4.78 is 34.8. The Hall–Kier alpha value is -4.78. The first-order valence-electron chi connectivity index (χ1n) is 13.2. The van der Waals surface area contributed by atoms with Gasteiger partial charge in [-0.1, -0.05) is 18.2 Å². The Bertz CT molecular complexity index is 1650. The van der Waals surface area contributed by atoms with Crippen molar-refractivity contribution >= 4 is 22.8 Å². The van der Waals surface area contributed by atoms with Gasteiger partial charge in [-0.3, -0.25) is 4.79 Å². The molecule has 10 heteroatoms. The Morgan fingerprint density at radius 3 is 2.52 bits per heavy atom. The van der Waals surface area contributed by atoms with Crippen molar-refractivity contribution in [3.63, 3.8) is 0 Å². The zero-order valence-electron chi connectivity index (χ0n) is 21.6. The average Bonchev–Trinajstić information content (AvgIpc) is 3.68. The zero-order chi connectivity index (χ0) is 27.8. The first-order chi connectivity index (χ1) is 19.4. The van der Waals surface area contributed by atoms with E-state index in [0.29, 0.717) is 41.6 Å². The van der Waals surface area contributed by atoms with E-state index in [9.17, 15) is 18.8 Å². The van der Waals surface area contributed by atoms with Gasteiger partial charge in [-0.15, -0.1) is 0 Å². The fraction of sp³-hybridized carbons (Fsp3) is 0.267. The maximum absolute atomic E-state index is 13.6. The molecule has 2 aromatic heterocycles. The number of carbonyl (C=O) groups is 1. The van der Waals surface area contributed by atoms with Gasteiger partial charge in [0.25, 0.3) is 5.91 Å². The number of anilines is 1. The normalized spacial score (nSPS) is 17.6. The molecular formula is C30H26F2N6O2. The van der Waals surface area contributed by atoms with Gasteiger partial charge in [-0.2, -0.15) is 5.26 Å². The van der Waals surface area contributed by atoms with Gasteiger partial charge in [0, 0.05) is 43.0 Å². The number of nitrogens with zero attached hydrogens (tertiary/aromatic N) is 5. The third-order valence-electron chi connectivity index (χ3n) is 7.33. The van der Waals surface area contributed by atoms with Gasteiger partial charge in [0.2, 0.25) is 0 Å². The van der Waals surface area contributed by atoms with Crippen LogP contribution in [0.25, 0.3) is 22.2 Å². The molecule has 0 unspecified atom stereocenters. The van der Waals surface area contributed by atoms with Crippen LogP contribution in [0.2, 0.25) is 0 Å². The van der Waals surface area contributed by atoms with Gasteiger partial charge < -0.3 is 19.9 Å². The lowest BCUT2D eigenvalue weighted by Gasteiger charge is -2.33. The number of halogens is 2. The highest BCUT2D eigenvalue weighted by Crippen LogP contribution is 2.37. The van der Waals surface area contributed by atoms with Crippen molar-refractivity contribution in [1.82, 2.24) is 19.4 Å². The first kappa shape index (κ1) is 25.5. The van der Waals surface area contributed by atoms with E-state index in [1.165, 1.54) is 6.33 Å². The Balaban J connectivity index is 1.29. The van der Waals surface area contributed by atoms with Gasteiger partial charge in [-0.05, 0) is 49.3 Å². The molecule has 1 aliphatic heterocycles. The van der Waals surface area contributed by atoms with E-state index >= 15 is 0 Å². The number of benzene rings is 2. The molecule has 1 aliphatic carbocycles. The standard InChI is InChI=1S/C30H26F2N6O2/c31-21-11-22(32)13-25(12-21)40-24-7-5-19(6-8-24)26-16-38(29-27(26)28(34)35-17-36-29)23-2-1-9-37(15-23)30(39)20(14-33)10-18-3-4-18/h5-8,10-13,16-18,23H,1-4,9,15H2,(H2,34,35,36)/b20-10+/t23-/m1/s1. The average molecular weight is 541 g/mol. The van der Waals surface area contributed by atoms with Gasteiger partial charge in [0.15, 0.2) is 0 Å². The predicted octanol–water partition coefficient (Wildman–Crippen LogP) is 5.77. The van der Waals surface area contributed by atoms with Crippen molar-refractivity contribution in [2.45, 2.75) is 31.7 Å². The number of nitriles is 1. The summed E-state index contributed by atoms with van der Waals surface area (Å²) in [5, 5.41) is 10.3. The second-order valence-electron chi connectivity index (χ2n) is 10.2. The number of ether oxygens (including phenoxy) is 1. The summed E-state index contributed by atoms with van der Waals surface area (Å²) >= 11 is 0. The number of aromatic nitrogens is 3. The quantitative estimate of drug-likeness (QED) is 0.245. The molecule has 3 heterocycles. The molecule has 2 N–H and O–H groups in total. The molecule has 2 aliphatic rings. The lowest BCUT2D eigenvalue weighted by molar-refractivity contribution is -0.128. The number of nitrogens with two attached hydrogens (primary N) is 1. The van der Waals surface area contributed by atoms with Crippen molar-refractivity contribution in [1.29, 1.82) is 5.26 Å². The molecule has 40 heavy (non-hydrogen) atoms. The van der Waals surface area contributed by atoms with Crippen molar-refractivity contribution in [2.24, 2.45) is 5.92 Å². The van der Waals surface area contributed by atoms with Crippen molar-refractivity contribution in [3.05, 3.63) is 78.3 Å². The molecule has 2 fully saturated rings. The maximum atomic E-state index is 13.6. The van der Waals surface area contributed by atoms with Crippen LogP contribution >= 0.6 is 0 Å². The maximum Gasteiger partial charge on any atom is 0.264 e. The van der Waals surface area contributed by atoms with Crippen LogP contribution in [-0.4, -0.2) is 38.4 Å². The smallest absolute Gasteiger partial charge is 0.264 e. The van der Waals surface area contributed by atoms with E-state index in [4.69, 9.17) is 10.5 Å². The van der Waals surface area contributed by atoms with Crippen molar-refractivity contribution in [3.8, 4) is 28.7 Å². The molecule has 2 aromatic carbocycles.